The third-order valence-electron chi connectivity index (χ3n) is 3.28. The van der Waals surface area contributed by atoms with Crippen molar-refractivity contribution in [3.8, 4) is 0 Å². The lowest BCUT2D eigenvalue weighted by molar-refractivity contribution is 0.0822. The van der Waals surface area contributed by atoms with Crippen LogP contribution in [0.3, 0.4) is 0 Å². The molecule has 0 aliphatic rings. The van der Waals surface area contributed by atoms with Crippen molar-refractivity contribution in [3.05, 3.63) is 36.0 Å². The highest BCUT2D eigenvalue weighted by Gasteiger charge is 2.10. The van der Waals surface area contributed by atoms with Crippen molar-refractivity contribution in [1.82, 2.24) is 9.88 Å². The van der Waals surface area contributed by atoms with Crippen LogP contribution in [-0.4, -0.2) is 33.0 Å². The van der Waals surface area contributed by atoms with Crippen LogP contribution in [0.5, 0.6) is 0 Å². The molecule has 0 fully saturated rings. The largest absolute Gasteiger partial charge is 0.394 e. The summed E-state index contributed by atoms with van der Waals surface area (Å²) >= 11 is 0. The third-order valence-corrected chi connectivity index (χ3v) is 3.28. The Morgan fingerprint density at radius 3 is 2.65 bits per heavy atom. The second-order valence-electron chi connectivity index (χ2n) is 6.30. The van der Waals surface area contributed by atoms with Gasteiger partial charge in [-0.15, -0.1) is 0 Å². The molecule has 110 valence electrons. The van der Waals surface area contributed by atoms with Gasteiger partial charge in [0.1, 0.15) is 0 Å². The van der Waals surface area contributed by atoms with E-state index in [2.05, 4.69) is 44.3 Å². The highest BCUT2D eigenvalue weighted by atomic mass is 16.3. The van der Waals surface area contributed by atoms with Gasteiger partial charge in [-0.1, -0.05) is 6.07 Å². The normalized spacial score (nSPS) is 13.8. The van der Waals surface area contributed by atoms with E-state index in [1.807, 2.05) is 16.8 Å². The van der Waals surface area contributed by atoms with Gasteiger partial charge < -0.3 is 20.1 Å². The van der Waals surface area contributed by atoms with Crippen LogP contribution in [0, 0.1) is 0 Å². The predicted octanol–water partition coefficient (Wildman–Crippen LogP) is 1.88. The Labute approximate surface area is 120 Å². The zero-order valence-corrected chi connectivity index (χ0v) is 12.4. The zero-order chi connectivity index (χ0) is 14.8. The molecular weight excluding hydrogens is 252 g/mol. The lowest BCUT2D eigenvalue weighted by atomic mass is 10.1. The third kappa shape index (κ3) is 3.82. The maximum atomic E-state index is 9.54. The van der Waals surface area contributed by atoms with Crippen LogP contribution < -0.4 is 5.32 Å². The molecule has 0 aliphatic carbocycles. The molecule has 1 heterocycles. The first kappa shape index (κ1) is 15.0. The number of fused-ring (bicyclic) bond motifs is 1. The van der Waals surface area contributed by atoms with Gasteiger partial charge >= 0.3 is 0 Å². The molecule has 0 aliphatic heterocycles. The predicted molar refractivity (Wildman–Crippen MR) is 81.6 cm³/mol. The van der Waals surface area contributed by atoms with Crippen LogP contribution in [-0.2, 0) is 13.1 Å². The van der Waals surface area contributed by atoms with E-state index in [9.17, 15) is 5.11 Å². The number of nitrogens with one attached hydrogen (secondary N) is 1. The van der Waals surface area contributed by atoms with E-state index in [-0.39, 0.29) is 12.1 Å². The van der Waals surface area contributed by atoms with Crippen LogP contribution >= 0.6 is 0 Å². The minimum atomic E-state index is -0.715. The summed E-state index contributed by atoms with van der Waals surface area (Å²) in [6, 6.07) is 8.37. The molecule has 1 unspecified atom stereocenters. The van der Waals surface area contributed by atoms with E-state index >= 15 is 0 Å². The average molecular weight is 276 g/mol. The lowest BCUT2D eigenvalue weighted by Gasteiger charge is -2.20. The van der Waals surface area contributed by atoms with Gasteiger partial charge in [0, 0.05) is 23.8 Å². The molecule has 0 saturated heterocycles. The number of benzene rings is 1. The topological polar surface area (TPSA) is 57.4 Å². The summed E-state index contributed by atoms with van der Waals surface area (Å²) < 4.78 is 1.97. The van der Waals surface area contributed by atoms with Gasteiger partial charge in [0.05, 0.1) is 19.3 Å². The maximum absolute atomic E-state index is 9.54. The van der Waals surface area contributed by atoms with Crippen LogP contribution in [0.2, 0.25) is 0 Å². The van der Waals surface area contributed by atoms with Crippen LogP contribution in [0.15, 0.2) is 30.5 Å². The Bertz CT molecular complexity index is 569. The molecule has 4 heteroatoms. The van der Waals surface area contributed by atoms with Gasteiger partial charge in [-0.25, -0.2) is 0 Å². The van der Waals surface area contributed by atoms with Crippen molar-refractivity contribution in [1.29, 1.82) is 0 Å². The first-order chi connectivity index (χ1) is 9.39. The second-order valence-corrected chi connectivity index (χ2v) is 6.30. The number of rotatable bonds is 5. The molecule has 20 heavy (non-hydrogen) atoms. The van der Waals surface area contributed by atoms with Crippen molar-refractivity contribution in [3.63, 3.8) is 0 Å². The van der Waals surface area contributed by atoms with Crippen molar-refractivity contribution in [2.75, 3.05) is 6.61 Å². The summed E-state index contributed by atoms with van der Waals surface area (Å²) in [6.45, 7) is 7.49. The fourth-order valence-corrected chi connectivity index (χ4v) is 2.17. The van der Waals surface area contributed by atoms with E-state index in [4.69, 9.17) is 5.11 Å². The van der Waals surface area contributed by atoms with Gasteiger partial charge in [-0.3, -0.25) is 0 Å². The molecule has 1 aromatic carbocycles. The molecule has 3 N–H and O–H groups in total. The van der Waals surface area contributed by atoms with Gasteiger partial charge in [0.15, 0.2) is 0 Å². The Kier molecular flexibility index (Phi) is 4.48. The SMILES string of the molecule is CC(C)(C)NCc1ccc2c(ccn2CC(O)CO)c1. The molecule has 1 aromatic heterocycles. The molecule has 0 saturated carbocycles. The monoisotopic (exact) mass is 276 g/mol. The van der Waals surface area contributed by atoms with Gasteiger partial charge in [-0.05, 0) is 49.9 Å². The maximum Gasteiger partial charge on any atom is 0.0949 e. The smallest absolute Gasteiger partial charge is 0.0949 e. The van der Waals surface area contributed by atoms with Crippen LogP contribution in [0.1, 0.15) is 26.3 Å². The van der Waals surface area contributed by atoms with Gasteiger partial charge in [0.2, 0.25) is 0 Å². The van der Waals surface area contributed by atoms with E-state index in [0.717, 1.165) is 17.4 Å². The number of hydrogen-bond donors (Lipinski definition) is 3. The summed E-state index contributed by atoms with van der Waals surface area (Å²) in [7, 11) is 0. The number of hydrogen-bond acceptors (Lipinski definition) is 3. The minimum absolute atomic E-state index is 0.103. The summed E-state index contributed by atoms with van der Waals surface area (Å²) in [5.41, 5.74) is 2.43. The van der Waals surface area contributed by atoms with Crippen molar-refractivity contribution in [2.24, 2.45) is 0 Å². The first-order valence-electron chi connectivity index (χ1n) is 7.01. The highest BCUT2D eigenvalue weighted by Crippen LogP contribution is 2.18. The molecular formula is C16H24N2O2. The molecule has 0 radical (unpaired) electrons. The van der Waals surface area contributed by atoms with Crippen molar-refractivity contribution >= 4 is 10.9 Å². The molecule has 0 amide bonds. The van der Waals surface area contributed by atoms with Crippen molar-refractivity contribution < 1.29 is 10.2 Å². The highest BCUT2D eigenvalue weighted by molar-refractivity contribution is 5.80. The standard InChI is InChI=1S/C16H24N2O2/c1-16(2,3)17-9-12-4-5-15-13(8-12)6-7-18(15)10-14(20)11-19/h4-8,14,17,19-20H,9-11H2,1-3H3. The Balaban J connectivity index is 2.15. The molecule has 0 bridgehead atoms. The number of aliphatic hydroxyl groups excluding tert-OH is 2. The van der Waals surface area contributed by atoms with Gasteiger partial charge in [-0.2, -0.15) is 0 Å². The Morgan fingerprint density at radius 2 is 2.00 bits per heavy atom. The van der Waals surface area contributed by atoms with Crippen LogP contribution in [0.25, 0.3) is 10.9 Å². The number of nitrogens with zero attached hydrogens (tertiary/aromatic N) is 1. The summed E-state index contributed by atoms with van der Waals surface area (Å²) in [6.07, 6.45) is 1.23. The van der Waals surface area contributed by atoms with E-state index in [1.54, 1.807) is 0 Å². The first-order valence-corrected chi connectivity index (χ1v) is 7.01. The molecule has 1 atom stereocenters. The van der Waals surface area contributed by atoms with Crippen LogP contribution in [0.4, 0.5) is 0 Å². The van der Waals surface area contributed by atoms with E-state index in [1.165, 1.54) is 5.56 Å². The lowest BCUT2D eigenvalue weighted by Crippen LogP contribution is -2.35. The fourth-order valence-electron chi connectivity index (χ4n) is 2.17. The van der Waals surface area contributed by atoms with E-state index in [0.29, 0.717) is 6.54 Å². The summed E-state index contributed by atoms with van der Waals surface area (Å²) in [5.74, 6) is 0. The summed E-state index contributed by atoms with van der Waals surface area (Å²) in [5, 5.41) is 23.1. The molecule has 4 nitrogen and oxygen atoms in total. The molecule has 2 aromatic rings. The molecule has 0 spiro atoms. The van der Waals surface area contributed by atoms with E-state index < -0.39 is 6.10 Å². The fraction of sp³-hybridized carbons (Fsp3) is 0.500. The minimum Gasteiger partial charge on any atom is -0.394 e. The zero-order valence-electron chi connectivity index (χ0n) is 12.4. The Hall–Kier alpha value is -1.36. The quantitative estimate of drug-likeness (QED) is 0.781. The van der Waals surface area contributed by atoms with Gasteiger partial charge in [0.25, 0.3) is 0 Å². The van der Waals surface area contributed by atoms with Crippen molar-refractivity contribution in [2.45, 2.75) is 45.5 Å². The number of aliphatic hydroxyl groups is 2. The molecule has 2 rings (SSSR count). The average Bonchev–Trinajstić information content (AvgIpc) is 2.78. The summed E-state index contributed by atoms with van der Waals surface area (Å²) in [4.78, 5) is 0. The Morgan fingerprint density at radius 1 is 1.25 bits per heavy atom. The second kappa shape index (κ2) is 5.95. The number of aromatic nitrogens is 1.